The molecule has 23 heavy (non-hydrogen) atoms. The summed E-state index contributed by atoms with van der Waals surface area (Å²) in [5.41, 5.74) is 2.00. The van der Waals surface area contributed by atoms with E-state index in [2.05, 4.69) is 5.92 Å². The highest BCUT2D eigenvalue weighted by Crippen LogP contribution is 2.48. The number of carbonyl (C=O) groups is 1. The Labute approximate surface area is 135 Å². The van der Waals surface area contributed by atoms with E-state index >= 15 is 0 Å². The molecule has 0 aliphatic heterocycles. The summed E-state index contributed by atoms with van der Waals surface area (Å²) in [5, 5.41) is 0. The van der Waals surface area contributed by atoms with Crippen LogP contribution in [0.5, 0.6) is 0 Å². The molecule has 0 bridgehead atoms. The zero-order valence-electron chi connectivity index (χ0n) is 12.6. The molecule has 0 amide bonds. The predicted octanol–water partition coefficient (Wildman–Crippen LogP) is 3.72. The van der Waals surface area contributed by atoms with Crippen molar-refractivity contribution >= 4 is 5.97 Å². The number of benzene rings is 2. The molecule has 1 aliphatic rings. The van der Waals surface area contributed by atoms with Crippen LogP contribution in [0.25, 0.3) is 0 Å². The fraction of sp³-hybridized carbons (Fsp3) is 0.250. The smallest absolute Gasteiger partial charge is 0.310 e. The molecule has 0 unspecified atom stereocenters. The Balaban J connectivity index is 1.57. The number of hydrogen-bond donors (Lipinski definition) is 0. The summed E-state index contributed by atoms with van der Waals surface area (Å²) in [5.74, 6) is 1.93. The van der Waals surface area contributed by atoms with Gasteiger partial charge in [0.2, 0.25) is 0 Å². The molecule has 3 heteroatoms. The maximum atomic E-state index is 12.9. The van der Waals surface area contributed by atoms with Crippen molar-refractivity contribution in [3.8, 4) is 12.3 Å². The molecular weight excluding hydrogens is 291 g/mol. The van der Waals surface area contributed by atoms with Gasteiger partial charge in [0.15, 0.2) is 6.10 Å². The normalized spacial score (nSPS) is 20.3. The van der Waals surface area contributed by atoms with Crippen LogP contribution >= 0.6 is 0 Å². The SMILES string of the molecule is C#C[C@H](Cc1ccccc1)OC(=O)[C@H]1C[C@@H]1c1ccc(F)cc1. The first kappa shape index (κ1) is 15.3. The first-order valence-electron chi connectivity index (χ1n) is 7.63. The lowest BCUT2D eigenvalue weighted by atomic mass is 10.1. The van der Waals surface area contributed by atoms with E-state index in [1.54, 1.807) is 12.1 Å². The van der Waals surface area contributed by atoms with Crippen LogP contribution in [-0.2, 0) is 16.0 Å². The molecule has 0 N–H and O–H groups in total. The lowest BCUT2D eigenvalue weighted by molar-refractivity contribution is -0.148. The molecule has 0 saturated heterocycles. The van der Waals surface area contributed by atoms with Gasteiger partial charge >= 0.3 is 5.97 Å². The molecular formula is C20H17FO2. The molecule has 2 aromatic rings. The molecule has 3 rings (SSSR count). The van der Waals surface area contributed by atoms with Crippen LogP contribution < -0.4 is 0 Å². The van der Waals surface area contributed by atoms with E-state index in [-0.39, 0.29) is 23.6 Å². The van der Waals surface area contributed by atoms with Crippen LogP contribution in [0.4, 0.5) is 4.39 Å². The first-order chi connectivity index (χ1) is 11.2. The van der Waals surface area contributed by atoms with Crippen LogP contribution in [-0.4, -0.2) is 12.1 Å². The molecule has 0 heterocycles. The van der Waals surface area contributed by atoms with Crippen molar-refractivity contribution in [2.75, 3.05) is 0 Å². The summed E-state index contributed by atoms with van der Waals surface area (Å²) in [6.45, 7) is 0. The summed E-state index contributed by atoms with van der Waals surface area (Å²) in [6, 6.07) is 16.0. The molecule has 0 spiro atoms. The number of esters is 1. The van der Waals surface area contributed by atoms with Gasteiger partial charge in [0.1, 0.15) is 5.82 Å². The second kappa shape index (κ2) is 6.66. The minimum absolute atomic E-state index is 0.109. The monoisotopic (exact) mass is 308 g/mol. The number of hydrogen-bond acceptors (Lipinski definition) is 2. The molecule has 3 atom stereocenters. The Kier molecular flexibility index (Phi) is 4.43. The van der Waals surface area contributed by atoms with Crippen LogP contribution in [0.15, 0.2) is 54.6 Å². The van der Waals surface area contributed by atoms with Gasteiger partial charge in [-0.05, 0) is 35.6 Å². The zero-order valence-corrected chi connectivity index (χ0v) is 12.6. The van der Waals surface area contributed by atoms with E-state index < -0.39 is 6.10 Å². The topological polar surface area (TPSA) is 26.3 Å². The Morgan fingerprint density at radius 2 is 1.91 bits per heavy atom. The molecule has 2 aromatic carbocycles. The number of carbonyl (C=O) groups excluding carboxylic acids is 1. The molecule has 0 aromatic heterocycles. The van der Waals surface area contributed by atoms with Crippen molar-refractivity contribution in [2.24, 2.45) is 5.92 Å². The third-order valence-corrected chi connectivity index (χ3v) is 4.10. The van der Waals surface area contributed by atoms with Gasteiger partial charge in [-0.15, -0.1) is 6.42 Å². The third-order valence-electron chi connectivity index (χ3n) is 4.10. The summed E-state index contributed by atoms with van der Waals surface area (Å²) < 4.78 is 18.4. The second-order valence-corrected chi connectivity index (χ2v) is 5.78. The molecule has 0 radical (unpaired) electrons. The molecule has 1 saturated carbocycles. The highest BCUT2D eigenvalue weighted by Gasteiger charge is 2.45. The zero-order chi connectivity index (χ0) is 16.2. The summed E-state index contributed by atoms with van der Waals surface area (Å²) in [7, 11) is 0. The van der Waals surface area contributed by atoms with Crippen LogP contribution in [0.1, 0.15) is 23.5 Å². The van der Waals surface area contributed by atoms with Crippen molar-refractivity contribution < 1.29 is 13.9 Å². The average Bonchev–Trinajstić information content (AvgIpc) is 3.36. The molecule has 116 valence electrons. The van der Waals surface area contributed by atoms with Gasteiger partial charge in [-0.3, -0.25) is 4.79 Å². The third kappa shape index (κ3) is 3.78. The fourth-order valence-corrected chi connectivity index (χ4v) is 2.72. The predicted molar refractivity (Wildman–Crippen MR) is 86.1 cm³/mol. The summed E-state index contributed by atoms with van der Waals surface area (Å²) >= 11 is 0. The summed E-state index contributed by atoms with van der Waals surface area (Å²) in [6.07, 6.45) is 6.17. The van der Waals surface area contributed by atoms with Crippen LogP contribution in [0.3, 0.4) is 0 Å². The Morgan fingerprint density at radius 1 is 1.22 bits per heavy atom. The quantitative estimate of drug-likeness (QED) is 0.621. The van der Waals surface area contributed by atoms with Gasteiger partial charge in [0.05, 0.1) is 5.92 Å². The van der Waals surface area contributed by atoms with Gasteiger partial charge in [-0.1, -0.05) is 48.4 Å². The first-order valence-corrected chi connectivity index (χ1v) is 7.63. The van der Waals surface area contributed by atoms with Gasteiger partial charge in [0, 0.05) is 6.42 Å². The lowest BCUT2D eigenvalue weighted by Gasteiger charge is -2.12. The van der Waals surface area contributed by atoms with Crippen molar-refractivity contribution in [1.29, 1.82) is 0 Å². The minimum atomic E-state index is -0.556. The van der Waals surface area contributed by atoms with Crippen LogP contribution in [0.2, 0.25) is 0 Å². The van der Waals surface area contributed by atoms with E-state index in [1.807, 2.05) is 30.3 Å². The highest BCUT2D eigenvalue weighted by atomic mass is 19.1. The number of rotatable bonds is 5. The molecule has 1 fully saturated rings. The fourth-order valence-electron chi connectivity index (χ4n) is 2.72. The number of halogens is 1. The van der Waals surface area contributed by atoms with Gasteiger partial charge < -0.3 is 4.74 Å². The lowest BCUT2D eigenvalue weighted by Crippen LogP contribution is -2.20. The molecule has 2 nitrogen and oxygen atoms in total. The minimum Gasteiger partial charge on any atom is -0.449 e. The van der Waals surface area contributed by atoms with Gasteiger partial charge in [0.25, 0.3) is 0 Å². The Hall–Kier alpha value is -2.60. The number of terminal acetylenes is 1. The standard InChI is InChI=1S/C20H17FO2/c1-2-17(12-14-6-4-3-5-7-14)23-20(22)19-13-18(19)15-8-10-16(21)11-9-15/h1,3-11,17-19H,12-13H2/t17-,18-,19+/m1/s1. The summed E-state index contributed by atoms with van der Waals surface area (Å²) in [4.78, 5) is 12.2. The maximum Gasteiger partial charge on any atom is 0.310 e. The Morgan fingerprint density at radius 3 is 2.57 bits per heavy atom. The Bertz CT molecular complexity index is 716. The van der Waals surface area contributed by atoms with E-state index in [0.29, 0.717) is 6.42 Å². The van der Waals surface area contributed by atoms with Crippen LogP contribution in [0, 0.1) is 24.1 Å². The van der Waals surface area contributed by atoms with E-state index in [1.165, 1.54) is 12.1 Å². The van der Waals surface area contributed by atoms with E-state index in [4.69, 9.17) is 11.2 Å². The van der Waals surface area contributed by atoms with Crippen molar-refractivity contribution in [3.63, 3.8) is 0 Å². The van der Waals surface area contributed by atoms with E-state index in [0.717, 1.165) is 17.5 Å². The highest BCUT2D eigenvalue weighted by molar-refractivity contribution is 5.77. The average molecular weight is 308 g/mol. The van der Waals surface area contributed by atoms with Crippen molar-refractivity contribution in [2.45, 2.75) is 24.9 Å². The number of ether oxygens (including phenoxy) is 1. The molecule has 1 aliphatic carbocycles. The van der Waals surface area contributed by atoms with E-state index in [9.17, 15) is 9.18 Å². The van der Waals surface area contributed by atoms with Crippen molar-refractivity contribution in [1.82, 2.24) is 0 Å². The largest absolute Gasteiger partial charge is 0.449 e. The van der Waals surface area contributed by atoms with Gasteiger partial charge in [-0.2, -0.15) is 0 Å². The maximum absolute atomic E-state index is 12.9. The van der Waals surface area contributed by atoms with Crippen molar-refractivity contribution in [3.05, 3.63) is 71.5 Å². The second-order valence-electron chi connectivity index (χ2n) is 5.78. The van der Waals surface area contributed by atoms with Gasteiger partial charge in [-0.25, -0.2) is 4.39 Å².